The molecule has 10 nitrogen and oxygen atoms in total. The standard InChI is InChI=1S/C24H34Cl2NO9PS2/c1-6-24(7-2,36-37(29)30)27(22(28)35-23(3,4)5)39(31,32)21-15-17-14-18(33-12-8-10-25)19(16-20(17)38-21)34-13-9-11-26/h14-16H,6-13H2,1-5H3/p+1. The molecule has 220 valence electrons. The average molecular weight is 648 g/mol. The van der Waals surface area contributed by atoms with Gasteiger partial charge in [0, 0.05) is 27.1 Å². The number of sulfonamides is 1. The molecule has 1 aromatic heterocycles. The molecule has 0 saturated carbocycles. The number of alkyl halides is 2. The van der Waals surface area contributed by atoms with Crippen molar-refractivity contribution >= 4 is 69.0 Å². The Balaban J connectivity index is 2.68. The van der Waals surface area contributed by atoms with Gasteiger partial charge in [0.05, 0.1) is 13.2 Å². The summed E-state index contributed by atoms with van der Waals surface area (Å²) >= 11 is 12.4. The predicted molar refractivity (Wildman–Crippen MR) is 153 cm³/mol. The molecule has 0 bridgehead atoms. The van der Waals surface area contributed by atoms with E-state index >= 15 is 0 Å². The number of halogens is 2. The zero-order chi connectivity index (χ0) is 29.4. The molecule has 0 radical (unpaired) electrons. The van der Waals surface area contributed by atoms with Crippen molar-refractivity contribution in [2.24, 2.45) is 0 Å². The maximum absolute atomic E-state index is 14.1. The van der Waals surface area contributed by atoms with Gasteiger partial charge >= 0.3 is 14.3 Å². The third-order valence-electron chi connectivity index (χ3n) is 5.41. The molecule has 15 heteroatoms. The lowest BCUT2D eigenvalue weighted by atomic mass is 10.1. The fourth-order valence-corrected chi connectivity index (χ4v) is 7.62. The highest BCUT2D eigenvalue weighted by atomic mass is 35.5. The van der Waals surface area contributed by atoms with Gasteiger partial charge in [-0.3, -0.25) is 0 Å². The molecule has 0 aliphatic carbocycles. The summed E-state index contributed by atoms with van der Waals surface area (Å²) in [6.07, 6.45) is -0.246. The van der Waals surface area contributed by atoms with Gasteiger partial charge in [-0.1, -0.05) is 18.4 Å². The Kier molecular flexibility index (Phi) is 12.6. The van der Waals surface area contributed by atoms with Crippen LogP contribution >= 0.6 is 42.8 Å². The number of fused-ring (bicyclic) bond motifs is 1. The first-order valence-electron chi connectivity index (χ1n) is 12.3. The van der Waals surface area contributed by atoms with Crippen LogP contribution in [0.5, 0.6) is 11.5 Å². The molecule has 1 aromatic carbocycles. The Bertz CT molecular complexity index is 1200. The largest absolute Gasteiger partial charge is 0.697 e. The molecule has 2 rings (SSSR count). The number of nitrogens with zero attached hydrogens (tertiary/aromatic N) is 1. The van der Waals surface area contributed by atoms with Crippen LogP contribution in [0.3, 0.4) is 0 Å². The molecule has 0 fully saturated rings. The zero-order valence-corrected chi connectivity index (χ0v) is 26.6. The fourth-order valence-electron chi connectivity index (χ4n) is 3.57. The number of ether oxygens (including phenoxy) is 3. The van der Waals surface area contributed by atoms with Gasteiger partial charge in [0.1, 0.15) is 9.81 Å². The summed E-state index contributed by atoms with van der Waals surface area (Å²) in [4.78, 5) is 22.9. The number of benzene rings is 1. The Labute approximate surface area is 244 Å². The molecule has 39 heavy (non-hydrogen) atoms. The maximum Gasteiger partial charge on any atom is 0.697 e. The van der Waals surface area contributed by atoms with Crippen LogP contribution in [0.4, 0.5) is 4.79 Å². The lowest BCUT2D eigenvalue weighted by Crippen LogP contribution is -2.55. The Morgan fingerprint density at radius 2 is 1.56 bits per heavy atom. The van der Waals surface area contributed by atoms with E-state index in [2.05, 4.69) is 0 Å². The predicted octanol–water partition coefficient (Wildman–Crippen LogP) is 7.03. The molecule has 0 spiro atoms. The minimum atomic E-state index is -4.63. The Hall–Kier alpha value is -1.40. The molecule has 0 aliphatic heterocycles. The number of thiophene rings is 1. The van der Waals surface area contributed by atoms with Crippen LogP contribution < -0.4 is 9.47 Å². The van der Waals surface area contributed by atoms with E-state index in [1.807, 2.05) is 0 Å². The number of hydrogen-bond donors (Lipinski definition) is 1. The summed E-state index contributed by atoms with van der Waals surface area (Å²) in [6.45, 7) is 8.51. The number of carbonyl (C=O) groups is 1. The Morgan fingerprint density at radius 1 is 1.03 bits per heavy atom. The van der Waals surface area contributed by atoms with Crippen LogP contribution in [0.1, 0.15) is 60.3 Å². The van der Waals surface area contributed by atoms with E-state index in [1.165, 1.54) is 6.07 Å². The summed E-state index contributed by atoms with van der Waals surface area (Å²) in [5, 5.41) is 0.529. The van der Waals surface area contributed by atoms with Crippen molar-refractivity contribution in [2.75, 3.05) is 25.0 Å². The van der Waals surface area contributed by atoms with Crippen molar-refractivity contribution in [1.82, 2.24) is 4.31 Å². The van der Waals surface area contributed by atoms with Gasteiger partial charge in [-0.2, -0.15) is 12.7 Å². The normalized spacial score (nSPS) is 12.9. The second kappa shape index (κ2) is 14.5. The van der Waals surface area contributed by atoms with Crippen LogP contribution in [-0.2, 0) is 23.8 Å². The van der Waals surface area contributed by atoms with Crippen LogP contribution in [-0.4, -0.2) is 60.0 Å². The average Bonchev–Trinajstić information content (AvgIpc) is 3.26. The van der Waals surface area contributed by atoms with E-state index in [0.29, 0.717) is 63.7 Å². The van der Waals surface area contributed by atoms with E-state index < -0.39 is 35.7 Å². The minimum Gasteiger partial charge on any atom is -0.490 e. The van der Waals surface area contributed by atoms with Crippen LogP contribution in [0, 0.1) is 0 Å². The van der Waals surface area contributed by atoms with Crippen LogP contribution in [0.15, 0.2) is 22.4 Å². The number of carbonyl (C=O) groups excluding carboxylic acids is 1. The van der Waals surface area contributed by atoms with Crippen molar-refractivity contribution in [3.8, 4) is 11.5 Å². The molecule has 1 atom stereocenters. The molecule has 0 aliphatic rings. The van der Waals surface area contributed by atoms with Crippen LogP contribution in [0.25, 0.3) is 10.1 Å². The number of rotatable bonds is 15. The first-order valence-corrected chi connectivity index (χ1v) is 16.8. The third-order valence-corrected chi connectivity index (χ3v) is 9.80. The Morgan fingerprint density at radius 3 is 2.03 bits per heavy atom. The quantitative estimate of drug-likeness (QED) is 0.0938. The van der Waals surface area contributed by atoms with Gasteiger partial charge in [-0.05, 0) is 64.0 Å². The molecule has 1 amide bonds. The lowest BCUT2D eigenvalue weighted by Gasteiger charge is -2.37. The molecule has 0 saturated heterocycles. The lowest BCUT2D eigenvalue weighted by molar-refractivity contribution is -0.0544. The van der Waals surface area contributed by atoms with Crippen molar-refractivity contribution in [1.29, 1.82) is 0 Å². The summed E-state index contributed by atoms with van der Waals surface area (Å²) in [6, 6.07) is 4.72. The van der Waals surface area contributed by atoms with Gasteiger partial charge in [-0.15, -0.1) is 39.4 Å². The smallest absolute Gasteiger partial charge is 0.490 e. The first-order chi connectivity index (χ1) is 18.2. The third kappa shape index (κ3) is 8.79. The summed E-state index contributed by atoms with van der Waals surface area (Å²) in [7, 11) is -7.90. The molecule has 1 unspecified atom stereocenters. The molecular weight excluding hydrogens is 612 g/mol. The van der Waals surface area contributed by atoms with Crippen molar-refractivity contribution in [2.45, 2.75) is 75.8 Å². The zero-order valence-electron chi connectivity index (χ0n) is 22.6. The fraction of sp³-hybridized carbons (Fsp3) is 0.625. The summed E-state index contributed by atoms with van der Waals surface area (Å²) < 4.78 is 63.0. The molecule has 2 aromatic rings. The number of amides is 1. The highest BCUT2D eigenvalue weighted by Gasteiger charge is 2.53. The van der Waals surface area contributed by atoms with Crippen molar-refractivity contribution < 1.29 is 41.4 Å². The van der Waals surface area contributed by atoms with Gasteiger partial charge in [0.15, 0.2) is 11.5 Å². The summed E-state index contributed by atoms with van der Waals surface area (Å²) in [5.41, 5.74) is -3.02. The van der Waals surface area contributed by atoms with Gasteiger partial charge < -0.3 is 14.2 Å². The van der Waals surface area contributed by atoms with Gasteiger partial charge in [0.25, 0.3) is 10.0 Å². The topological polar surface area (TPSA) is 129 Å². The second-order valence-electron chi connectivity index (χ2n) is 9.42. The SMILES string of the molecule is CCC(CC)(O[P+](=O)O)N(C(=O)OC(C)(C)C)S(=O)(=O)c1cc2cc(OCCCCl)c(OCCCCl)cc2s1. The maximum atomic E-state index is 14.1. The van der Waals surface area contributed by atoms with E-state index in [4.69, 9.17) is 41.9 Å². The minimum absolute atomic E-state index is 0.106. The molecule has 1 N–H and O–H groups in total. The number of hydrogen-bond acceptors (Lipinski definition) is 9. The van der Waals surface area contributed by atoms with Crippen molar-refractivity contribution in [3.63, 3.8) is 0 Å². The molecule has 1 heterocycles. The van der Waals surface area contributed by atoms with E-state index in [0.717, 1.165) is 11.3 Å². The van der Waals surface area contributed by atoms with Crippen molar-refractivity contribution in [3.05, 3.63) is 18.2 Å². The van der Waals surface area contributed by atoms with E-state index in [1.54, 1.807) is 46.8 Å². The monoisotopic (exact) mass is 646 g/mol. The second-order valence-corrected chi connectivity index (χ2v) is 13.9. The van der Waals surface area contributed by atoms with Gasteiger partial charge in [0.2, 0.25) is 5.72 Å². The van der Waals surface area contributed by atoms with E-state index in [9.17, 15) is 22.7 Å². The highest BCUT2D eigenvalue weighted by Crippen LogP contribution is 2.43. The summed E-state index contributed by atoms with van der Waals surface area (Å²) in [5.74, 6) is 1.63. The first kappa shape index (κ1) is 33.8. The highest BCUT2D eigenvalue weighted by molar-refractivity contribution is 7.92. The van der Waals surface area contributed by atoms with Gasteiger partial charge in [-0.25, -0.2) is 4.79 Å². The van der Waals surface area contributed by atoms with E-state index in [-0.39, 0.29) is 17.1 Å². The molecular formula is C24H35Cl2NO9PS2+. The van der Waals surface area contributed by atoms with Crippen LogP contribution in [0.2, 0.25) is 0 Å².